The number of aliphatic imine (C=N–C) groups is 1. The van der Waals surface area contributed by atoms with Gasteiger partial charge in [-0.25, -0.2) is 9.38 Å². The van der Waals surface area contributed by atoms with E-state index in [-0.39, 0.29) is 17.8 Å². The molecule has 1 aliphatic heterocycles. The molecule has 1 heterocycles. The Bertz CT molecular complexity index is 799. The molecule has 0 aromatic heterocycles. The van der Waals surface area contributed by atoms with Crippen LogP contribution in [0.2, 0.25) is 0 Å². The van der Waals surface area contributed by atoms with Crippen molar-refractivity contribution in [3.8, 4) is 0 Å². The van der Waals surface area contributed by atoms with Crippen molar-refractivity contribution in [1.29, 1.82) is 0 Å². The van der Waals surface area contributed by atoms with Crippen molar-refractivity contribution in [2.45, 2.75) is 32.3 Å². The molecule has 5 nitrogen and oxygen atoms in total. The normalized spacial score (nSPS) is 17.0. The highest BCUT2D eigenvalue weighted by molar-refractivity contribution is 6.09. The summed E-state index contributed by atoms with van der Waals surface area (Å²) in [6.45, 7) is 3.31. The smallest absolute Gasteiger partial charge is 0.257 e. The van der Waals surface area contributed by atoms with E-state index >= 15 is 0 Å². The Hall–Kier alpha value is -2.73. The van der Waals surface area contributed by atoms with Crippen LogP contribution < -0.4 is 10.6 Å². The zero-order chi connectivity index (χ0) is 19.1. The lowest BCUT2D eigenvalue weighted by atomic mass is 10.1. The van der Waals surface area contributed by atoms with Crippen molar-refractivity contribution >= 4 is 17.6 Å². The monoisotopic (exact) mass is 369 g/mol. The maximum absolute atomic E-state index is 13.1. The van der Waals surface area contributed by atoms with Crippen LogP contribution in [0.25, 0.3) is 0 Å². The Morgan fingerprint density at radius 2 is 2.07 bits per heavy atom. The minimum atomic E-state index is -0.381. The first-order valence-electron chi connectivity index (χ1n) is 9.23. The van der Waals surface area contributed by atoms with Gasteiger partial charge in [0, 0.05) is 17.9 Å². The van der Waals surface area contributed by atoms with Crippen LogP contribution in [0, 0.1) is 5.82 Å². The van der Waals surface area contributed by atoms with Gasteiger partial charge in [-0.1, -0.05) is 19.1 Å². The summed E-state index contributed by atoms with van der Waals surface area (Å²) in [5, 5.41) is 5.96. The van der Waals surface area contributed by atoms with Crippen LogP contribution in [0.5, 0.6) is 0 Å². The fraction of sp³-hybridized carbons (Fsp3) is 0.333. The van der Waals surface area contributed by atoms with Crippen molar-refractivity contribution in [2.75, 3.05) is 18.5 Å². The SMILES string of the molecule is CCc1cccc(NC(=NCC2CCCO2)NC(=O)c2ccc(F)cc2)c1. The summed E-state index contributed by atoms with van der Waals surface area (Å²) in [7, 11) is 0. The highest BCUT2D eigenvalue weighted by Crippen LogP contribution is 2.13. The maximum atomic E-state index is 13.1. The van der Waals surface area contributed by atoms with Gasteiger partial charge in [0.05, 0.1) is 12.6 Å². The molecule has 142 valence electrons. The summed E-state index contributed by atoms with van der Waals surface area (Å²) in [5.74, 6) is -0.373. The van der Waals surface area contributed by atoms with Crippen LogP contribution in [-0.4, -0.2) is 31.1 Å². The largest absolute Gasteiger partial charge is 0.376 e. The minimum absolute atomic E-state index is 0.0755. The second kappa shape index (κ2) is 9.28. The molecule has 1 unspecified atom stereocenters. The molecule has 27 heavy (non-hydrogen) atoms. The second-order valence-corrected chi connectivity index (χ2v) is 6.46. The Balaban J connectivity index is 1.74. The molecule has 0 saturated carbocycles. The van der Waals surface area contributed by atoms with Crippen LogP contribution in [0.3, 0.4) is 0 Å². The number of carbonyl (C=O) groups excluding carboxylic acids is 1. The van der Waals surface area contributed by atoms with E-state index in [1.165, 1.54) is 29.8 Å². The maximum Gasteiger partial charge on any atom is 0.257 e. The van der Waals surface area contributed by atoms with Gasteiger partial charge in [-0.3, -0.25) is 10.1 Å². The van der Waals surface area contributed by atoms with E-state index in [9.17, 15) is 9.18 Å². The van der Waals surface area contributed by atoms with Gasteiger partial charge in [-0.2, -0.15) is 0 Å². The third-order valence-corrected chi connectivity index (χ3v) is 4.41. The first kappa shape index (κ1) is 19.0. The quantitative estimate of drug-likeness (QED) is 0.623. The standard InChI is InChI=1S/C21H24FN3O2/c1-2-15-5-3-6-18(13-15)24-21(23-14-19-7-4-12-27-19)25-20(26)16-8-10-17(22)11-9-16/h3,5-6,8-11,13,19H,2,4,7,12,14H2,1H3,(H2,23,24,25,26). The molecule has 1 saturated heterocycles. The highest BCUT2D eigenvalue weighted by atomic mass is 19.1. The average Bonchev–Trinajstić information content (AvgIpc) is 3.20. The molecule has 0 aliphatic carbocycles. The summed E-state index contributed by atoms with van der Waals surface area (Å²) < 4.78 is 18.7. The van der Waals surface area contributed by atoms with Crippen LogP contribution in [-0.2, 0) is 11.2 Å². The van der Waals surface area contributed by atoms with E-state index in [0.717, 1.165) is 31.6 Å². The molecule has 1 amide bonds. The number of nitrogens with zero attached hydrogens (tertiary/aromatic N) is 1. The number of carbonyl (C=O) groups is 1. The average molecular weight is 369 g/mol. The van der Waals surface area contributed by atoms with Crippen LogP contribution in [0.4, 0.5) is 10.1 Å². The third kappa shape index (κ3) is 5.62. The minimum Gasteiger partial charge on any atom is -0.376 e. The Morgan fingerprint density at radius 1 is 1.26 bits per heavy atom. The van der Waals surface area contributed by atoms with Crippen LogP contribution in [0.1, 0.15) is 35.7 Å². The number of ether oxygens (including phenoxy) is 1. The summed E-state index contributed by atoms with van der Waals surface area (Å²) in [6, 6.07) is 13.4. The van der Waals surface area contributed by atoms with E-state index in [0.29, 0.717) is 18.1 Å². The van der Waals surface area contributed by atoms with E-state index in [4.69, 9.17) is 4.74 Å². The first-order chi connectivity index (χ1) is 13.1. The predicted octanol–water partition coefficient (Wildman–Crippen LogP) is 3.77. The zero-order valence-electron chi connectivity index (χ0n) is 15.4. The first-order valence-corrected chi connectivity index (χ1v) is 9.23. The summed E-state index contributed by atoms with van der Waals surface area (Å²) in [5.41, 5.74) is 2.40. The van der Waals surface area contributed by atoms with Gasteiger partial charge in [0.1, 0.15) is 5.82 Å². The molecule has 6 heteroatoms. The van der Waals surface area contributed by atoms with Gasteiger partial charge in [0.15, 0.2) is 0 Å². The number of amides is 1. The fourth-order valence-electron chi connectivity index (χ4n) is 2.88. The molecule has 1 atom stereocenters. The van der Waals surface area contributed by atoms with Crippen LogP contribution in [0.15, 0.2) is 53.5 Å². The number of hydrogen-bond donors (Lipinski definition) is 2. The number of halogens is 1. The number of benzene rings is 2. The van der Waals surface area contributed by atoms with Gasteiger partial charge in [0.2, 0.25) is 5.96 Å². The molecule has 2 aromatic carbocycles. The molecule has 1 fully saturated rings. The molecule has 2 aromatic rings. The molecular weight excluding hydrogens is 345 g/mol. The molecule has 0 bridgehead atoms. The van der Waals surface area contributed by atoms with E-state index in [2.05, 4.69) is 22.5 Å². The Labute approximate surface area is 158 Å². The lowest BCUT2D eigenvalue weighted by Gasteiger charge is -2.14. The highest BCUT2D eigenvalue weighted by Gasteiger charge is 2.16. The number of guanidine groups is 1. The summed E-state index contributed by atoms with van der Waals surface area (Å²) >= 11 is 0. The topological polar surface area (TPSA) is 62.7 Å². The van der Waals surface area contributed by atoms with Gasteiger partial charge in [0.25, 0.3) is 5.91 Å². The van der Waals surface area contributed by atoms with E-state index in [1.807, 2.05) is 24.3 Å². The van der Waals surface area contributed by atoms with E-state index in [1.54, 1.807) is 0 Å². The van der Waals surface area contributed by atoms with Crippen LogP contribution >= 0.6 is 0 Å². The lowest BCUT2D eigenvalue weighted by Crippen LogP contribution is -2.36. The number of hydrogen-bond acceptors (Lipinski definition) is 3. The molecule has 3 rings (SSSR count). The number of nitrogens with one attached hydrogen (secondary N) is 2. The second-order valence-electron chi connectivity index (χ2n) is 6.46. The molecule has 0 radical (unpaired) electrons. The van der Waals surface area contributed by atoms with Gasteiger partial charge >= 0.3 is 0 Å². The Kier molecular flexibility index (Phi) is 6.54. The summed E-state index contributed by atoms with van der Waals surface area (Å²) in [6.07, 6.45) is 2.99. The molecule has 0 spiro atoms. The van der Waals surface area contributed by atoms with Gasteiger partial charge in [-0.05, 0) is 61.2 Å². The number of aryl methyl sites for hydroxylation is 1. The summed E-state index contributed by atoms with van der Waals surface area (Å²) in [4.78, 5) is 17.0. The molecule has 2 N–H and O–H groups in total. The van der Waals surface area contributed by atoms with Crippen molar-refractivity contribution in [2.24, 2.45) is 4.99 Å². The van der Waals surface area contributed by atoms with Crippen molar-refractivity contribution in [3.63, 3.8) is 0 Å². The van der Waals surface area contributed by atoms with Crippen molar-refractivity contribution in [3.05, 3.63) is 65.5 Å². The lowest BCUT2D eigenvalue weighted by molar-refractivity contribution is 0.0975. The fourth-order valence-corrected chi connectivity index (χ4v) is 2.88. The van der Waals surface area contributed by atoms with E-state index < -0.39 is 0 Å². The van der Waals surface area contributed by atoms with Gasteiger partial charge < -0.3 is 10.1 Å². The van der Waals surface area contributed by atoms with Crippen molar-refractivity contribution in [1.82, 2.24) is 5.32 Å². The Morgan fingerprint density at radius 3 is 2.78 bits per heavy atom. The number of anilines is 1. The molecular formula is C21H24FN3O2. The number of rotatable bonds is 5. The molecule has 1 aliphatic rings. The van der Waals surface area contributed by atoms with Gasteiger partial charge in [-0.15, -0.1) is 0 Å². The van der Waals surface area contributed by atoms with Crippen molar-refractivity contribution < 1.29 is 13.9 Å². The predicted molar refractivity (Wildman–Crippen MR) is 105 cm³/mol. The third-order valence-electron chi connectivity index (χ3n) is 4.41. The zero-order valence-corrected chi connectivity index (χ0v) is 15.4.